The summed E-state index contributed by atoms with van der Waals surface area (Å²) in [5.41, 5.74) is -0.956. The summed E-state index contributed by atoms with van der Waals surface area (Å²) in [6.45, 7) is 0.00765. The van der Waals surface area contributed by atoms with E-state index in [2.05, 4.69) is 21.2 Å². The van der Waals surface area contributed by atoms with Crippen molar-refractivity contribution in [2.24, 2.45) is 0 Å². The average Bonchev–Trinajstić information content (AvgIpc) is 2.45. The Hall–Kier alpha value is -1.81. The first-order chi connectivity index (χ1) is 10.7. The molecule has 2 rings (SSSR count). The second-order valence-corrected chi connectivity index (χ2v) is 5.72. The van der Waals surface area contributed by atoms with Crippen LogP contribution >= 0.6 is 15.9 Å². The third kappa shape index (κ3) is 4.58. The van der Waals surface area contributed by atoms with Crippen molar-refractivity contribution in [2.45, 2.75) is 12.3 Å². The van der Waals surface area contributed by atoms with Gasteiger partial charge in [0.05, 0.1) is 18.7 Å². The van der Waals surface area contributed by atoms with E-state index in [1.807, 2.05) is 0 Å². The average molecular weight is 397 g/mol. The molecule has 2 N–H and O–H groups in total. The van der Waals surface area contributed by atoms with Gasteiger partial charge >= 0.3 is 18.2 Å². The highest BCUT2D eigenvalue weighted by molar-refractivity contribution is 9.10. The summed E-state index contributed by atoms with van der Waals surface area (Å²) in [5.74, 6) is -1.20. The quantitative estimate of drug-likeness (QED) is 0.805. The van der Waals surface area contributed by atoms with E-state index in [1.54, 1.807) is 0 Å². The summed E-state index contributed by atoms with van der Waals surface area (Å²) in [6.07, 6.45) is -5.70. The molecule has 1 aromatic rings. The van der Waals surface area contributed by atoms with Crippen LogP contribution in [0.4, 0.5) is 23.7 Å². The number of carboxylic acids is 1. The van der Waals surface area contributed by atoms with Gasteiger partial charge in [-0.05, 0) is 18.2 Å². The van der Waals surface area contributed by atoms with Gasteiger partial charge in [0.1, 0.15) is 0 Å². The maximum Gasteiger partial charge on any atom is 0.416 e. The smallest absolute Gasteiger partial charge is 0.416 e. The highest BCUT2D eigenvalue weighted by atomic mass is 79.9. The lowest BCUT2D eigenvalue weighted by molar-refractivity contribution is -0.154. The zero-order valence-electron chi connectivity index (χ0n) is 11.6. The minimum Gasteiger partial charge on any atom is -0.479 e. The second-order valence-electron chi connectivity index (χ2n) is 4.80. The fourth-order valence-electron chi connectivity index (χ4n) is 2.01. The van der Waals surface area contributed by atoms with Gasteiger partial charge in [-0.15, -0.1) is 0 Å². The number of benzene rings is 1. The van der Waals surface area contributed by atoms with Crippen molar-refractivity contribution in [1.82, 2.24) is 4.90 Å². The van der Waals surface area contributed by atoms with E-state index in [-0.39, 0.29) is 29.9 Å². The van der Waals surface area contributed by atoms with Crippen LogP contribution in [0.25, 0.3) is 0 Å². The Balaban J connectivity index is 2.11. The lowest BCUT2D eigenvalue weighted by Crippen LogP contribution is -2.49. The number of amides is 2. The summed E-state index contributed by atoms with van der Waals surface area (Å²) in [6, 6.07) is 2.33. The molecule has 0 aliphatic carbocycles. The number of rotatable bonds is 2. The molecule has 0 spiro atoms. The Morgan fingerprint density at radius 1 is 1.35 bits per heavy atom. The monoisotopic (exact) mass is 396 g/mol. The summed E-state index contributed by atoms with van der Waals surface area (Å²) in [7, 11) is 0. The third-order valence-electron chi connectivity index (χ3n) is 3.11. The van der Waals surface area contributed by atoms with Crippen LogP contribution < -0.4 is 5.32 Å². The minimum atomic E-state index is -4.55. The predicted molar refractivity (Wildman–Crippen MR) is 77.1 cm³/mol. The molecule has 23 heavy (non-hydrogen) atoms. The number of nitrogens with zero attached hydrogens (tertiary/aromatic N) is 1. The number of hydrogen-bond acceptors (Lipinski definition) is 3. The molecule has 0 bridgehead atoms. The van der Waals surface area contributed by atoms with Gasteiger partial charge in [-0.1, -0.05) is 15.9 Å². The first-order valence-electron chi connectivity index (χ1n) is 6.45. The molecule has 1 atom stereocenters. The first kappa shape index (κ1) is 17.5. The normalized spacial score (nSPS) is 18.6. The Bertz CT molecular complexity index is 624. The number of carbonyl (C=O) groups is 2. The molecular formula is C13H12BrF3N2O4. The molecule has 1 aromatic carbocycles. The number of anilines is 1. The molecule has 1 heterocycles. The second kappa shape index (κ2) is 6.75. The molecule has 2 amide bonds. The van der Waals surface area contributed by atoms with E-state index in [9.17, 15) is 22.8 Å². The number of ether oxygens (including phenoxy) is 1. The summed E-state index contributed by atoms with van der Waals surface area (Å²) in [4.78, 5) is 24.1. The van der Waals surface area contributed by atoms with Gasteiger partial charge in [0, 0.05) is 16.7 Å². The molecule has 1 fully saturated rings. The van der Waals surface area contributed by atoms with Crippen molar-refractivity contribution in [3.05, 3.63) is 28.2 Å². The fraction of sp³-hybridized carbons (Fsp3) is 0.385. The number of halogens is 4. The Kier molecular flexibility index (Phi) is 5.15. The number of aliphatic carboxylic acids is 1. The van der Waals surface area contributed by atoms with E-state index in [0.29, 0.717) is 0 Å². The minimum absolute atomic E-state index is 0.0384. The maximum absolute atomic E-state index is 12.8. The van der Waals surface area contributed by atoms with E-state index >= 15 is 0 Å². The third-order valence-corrected chi connectivity index (χ3v) is 3.56. The maximum atomic E-state index is 12.8. The molecule has 0 saturated carbocycles. The molecule has 126 valence electrons. The number of nitrogens with one attached hydrogen (secondary N) is 1. The topological polar surface area (TPSA) is 78.9 Å². The van der Waals surface area contributed by atoms with Crippen LogP contribution in [0.3, 0.4) is 0 Å². The molecule has 1 unspecified atom stereocenters. The van der Waals surface area contributed by atoms with Crippen LogP contribution in [-0.4, -0.2) is 47.8 Å². The van der Waals surface area contributed by atoms with Crippen molar-refractivity contribution >= 4 is 33.6 Å². The van der Waals surface area contributed by atoms with Gasteiger partial charge in [0.2, 0.25) is 0 Å². The van der Waals surface area contributed by atoms with Gasteiger partial charge in [-0.3, -0.25) is 0 Å². The number of alkyl halides is 3. The zero-order chi connectivity index (χ0) is 17.2. The van der Waals surface area contributed by atoms with Gasteiger partial charge < -0.3 is 20.1 Å². The number of carboxylic acid groups (broad SMARTS) is 1. The van der Waals surface area contributed by atoms with Gasteiger partial charge in [0.25, 0.3) is 0 Å². The van der Waals surface area contributed by atoms with Crippen LogP contribution in [0, 0.1) is 0 Å². The van der Waals surface area contributed by atoms with Crippen molar-refractivity contribution in [1.29, 1.82) is 0 Å². The number of carbonyl (C=O) groups excluding carboxylic acids is 1. The lowest BCUT2D eigenvalue weighted by Gasteiger charge is -2.30. The summed E-state index contributed by atoms with van der Waals surface area (Å²) < 4.78 is 43.4. The van der Waals surface area contributed by atoms with Crippen molar-refractivity contribution in [3.63, 3.8) is 0 Å². The summed E-state index contributed by atoms with van der Waals surface area (Å²) in [5, 5.41) is 11.2. The number of hydrogen-bond donors (Lipinski definition) is 2. The van der Waals surface area contributed by atoms with Crippen LogP contribution in [0.15, 0.2) is 22.7 Å². The van der Waals surface area contributed by atoms with Crippen molar-refractivity contribution < 1.29 is 32.6 Å². The molecule has 0 aromatic heterocycles. The zero-order valence-corrected chi connectivity index (χ0v) is 13.1. The SMILES string of the molecule is O=C(O)C1CN(C(=O)Nc2cc(Br)cc(C(F)(F)F)c2)CCO1. The van der Waals surface area contributed by atoms with Crippen LogP contribution in [-0.2, 0) is 15.7 Å². The standard InChI is InChI=1S/C13H12BrF3N2O4/c14-8-3-7(13(15,16)17)4-9(5-8)18-12(22)19-1-2-23-10(6-19)11(20)21/h3-5,10H,1-2,6H2,(H,18,22)(H,20,21). The predicted octanol–water partition coefficient (Wildman–Crippen LogP) is 2.79. The molecular weight excluding hydrogens is 385 g/mol. The van der Waals surface area contributed by atoms with Crippen LogP contribution in [0.1, 0.15) is 5.56 Å². The van der Waals surface area contributed by atoms with Gasteiger partial charge in [-0.2, -0.15) is 13.2 Å². The van der Waals surface area contributed by atoms with E-state index in [4.69, 9.17) is 9.84 Å². The number of urea groups is 1. The molecule has 1 saturated heterocycles. The Labute approximate surface area is 137 Å². The highest BCUT2D eigenvalue weighted by Gasteiger charge is 2.32. The lowest BCUT2D eigenvalue weighted by atomic mass is 10.2. The van der Waals surface area contributed by atoms with E-state index < -0.39 is 29.8 Å². The molecule has 0 radical (unpaired) electrons. The van der Waals surface area contributed by atoms with Gasteiger partial charge in [-0.25, -0.2) is 9.59 Å². The Morgan fingerprint density at radius 3 is 2.65 bits per heavy atom. The van der Waals surface area contributed by atoms with Crippen molar-refractivity contribution in [3.8, 4) is 0 Å². The first-order valence-corrected chi connectivity index (χ1v) is 7.24. The Morgan fingerprint density at radius 2 is 2.04 bits per heavy atom. The molecule has 1 aliphatic heterocycles. The highest BCUT2D eigenvalue weighted by Crippen LogP contribution is 2.33. The molecule has 6 nitrogen and oxygen atoms in total. The van der Waals surface area contributed by atoms with Crippen LogP contribution in [0.5, 0.6) is 0 Å². The van der Waals surface area contributed by atoms with Gasteiger partial charge in [0.15, 0.2) is 6.10 Å². The van der Waals surface area contributed by atoms with E-state index in [1.165, 1.54) is 11.0 Å². The van der Waals surface area contributed by atoms with Crippen LogP contribution in [0.2, 0.25) is 0 Å². The number of morpholine rings is 1. The van der Waals surface area contributed by atoms with Crippen molar-refractivity contribution in [2.75, 3.05) is 25.0 Å². The van der Waals surface area contributed by atoms with E-state index in [0.717, 1.165) is 12.1 Å². The molecule has 10 heteroatoms. The fourth-order valence-corrected chi connectivity index (χ4v) is 2.50. The largest absolute Gasteiger partial charge is 0.479 e. The molecule has 1 aliphatic rings. The summed E-state index contributed by atoms with van der Waals surface area (Å²) >= 11 is 2.96.